The van der Waals surface area contributed by atoms with Crippen molar-refractivity contribution in [1.82, 2.24) is 9.88 Å². The molecule has 0 bridgehead atoms. The Morgan fingerprint density at radius 2 is 2.10 bits per heavy atom. The molecule has 6 heteroatoms. The maximum atomic E-state index is 12.4. The largest absolute Gasteiger partial charge is 0.481 e. The maximum absolute atomic E-state index is 12.4. The number of carboxylic acids is 1. The highest BCUT2D eigenvalue weighted by Gasteiger charge is 2.41. The second-order valence-corrected chi connectivity index (χ2v) is 5.92. The van der Waals surface area contributed by atoms with Gasteiger partial charge in [-0.2, -0.15) is 0 Å². The van der Waals surface area contributed by atoms with Crippen LogP contribution in [0.2, 0.25) is 0 Å². The highest BCUT2D eigenvalue weighted by molar-refractivity contribution is 9.10. The smallest absolute Gasteiger partial charge is 0.309 e. The molecule has 0 aliphatic carbocycles. The van der Waals surface area contributed by atoms with E-state index < -0.39 is 11.4 Å². The average Bonchev–Trinajstić information content (AvgIpc) is 2.47. The Balaban J connectivity index is 2.10. The Bertz CT molecular complexity index is 525. The summed E-state index contributed by atoms with van der Waals surface area (Å²) in [5.41, 5.74) is -0.301. The number of nitrogens with zero attached hydrogens (tertiary/aromatic N) is 2. The van der Waals surface area contributed by atoms with Crippen LogP contribution in [0.3, 0.4) is 0 Å². The second-order valence-electron chi connectivity index (χ2n) is 5.07. The zero-order valence-corrected chi connectivity index (χ0v) is 12.9. The number of carbonyl (C=O) groups excluding carboxylic acids is 1. The molecule has 2 heterocycles. The molecule has 0 atom stereocenters. The van der Waals surface area contributed by atoms with Crippen LogP contribution in [0.4, 0.5) is 0 Å². The third kappa shape index (κ3) is 2.70. The number of rotatable bonds is 3. The van der Waals surface area contributed by atoms with Gasteiger partial charge in [0.05, 0.1) is 5.41 Å². The average molecular weight is 341 g/mol. The van der Waals surface area contributed by atoms with Gasteiger partial charge >= 0.3 is 5.97 Å². The van der Waals surface area contributed by atoms with E-state index in [1.807, 2.05) is 6.92 Å². The van der Waals surface area contributed by atoms with Crippen LogP contribution < -0.4 is 0 Å². The van der Waals surface area contributed by atoms with Gasteiger partial charge in [0.15, 0.2) is 0 Å². The van der Waals surface area contributed by atoms with Gasteiger partial charge in [-0.3, -0.25) is 9.59 Å². The van der Waals surface area contributed by atoms with E-state index in [0.29, 0.717) is 42.5 Å². The number of piperidine rings is 1. The van der Waals surface area contributed by atoms with Crippen LogP contribution in [0.1, 0.15) is 36.7 Å². The number of carboxylic acid groups (broad SMARTS) is 1. The van der Waals surface area contributed by atoms with Crippen LogP contribution in [0.25, 0.3) is 0 Å². The van der Waals surface area contributed by atoms with Crippen LogP contribution in [0.15, 0.2) is 22.8 Å². The molecule has 1 aromatic heterocycles. The van der Waals surface area contributed by atoms with Crippen molar-refractivity contribution in [3.05, 3.63) is 28.5 Å². The van der Waals surface area contributed by atoms with E-state index in [9.17, 15) is 14.7 Å². The predicted octanol–water partition coefficient (Wildman–Crippen LogP) is 2.56. The Kier molecular flexibility index (Phi) is 4.42. The molecular formula is C14H17BrN2O3. The van der Waals surface area contributed by atoms with Gasteiger partial charge in [-0.25, -0.2) is 4.98 Å². The Morgan fingerprint density at radius 3 is 2.60 bits per heavy atom. The van der Waals surface area contributed by atoms with E-state index in [2.05, 4.69) is 20.9 Å². The standard InChI is InChI=1S/C14H17BrN2O3/c1-2-14(13(19)20)5-8-17(9-6-14)12(18)11-10(15)4-3-7-16-11/h3-4,7H,2,5-6,8-9H2,1H3,(H,19,20). The van der Waals surface area contributed by atoms with E-state index in [-0.39, 0.29) is 5.91 Å². The molecule has 0 radical (unpaired) electrons. The summed E-state index contributed by atoms with van der Waals surface area (Å²) in [5.74, 6) is -0.904. The topological polar surface area (TPSA) is 70.5 Å². The van der Waals surface area contributed by atoms with Crippen molar-refractivity contribution in [2.75, 3.05) is 13.1 Å². The summed E-state index contributed by atoms with van der Waals surface area (Å²) in [6.45, 7) is 2.81. The van der Waals surface area contributed by atoms with Gasteiger partial charge in [0.1, 0.15) is 5.69 Å². The lowest BCUT2D eigenvalue weighted by Crippen LogP contribution is -2.46. The van der Waals surface area contributed by atoms with E-state index in [1.165, 1.54) is 0 Å². The molecule has 0 unspecified atom stereocenters. The Morgan fingerprint density at radius 1 is 1.45 bits per heavy atom. The van der Waals surface area contributed by atoms with Crippen LogP contribution in [-0.4, -0.2) is 40.0 Å². The fourth-order valence-corrected chi connectivity index (χ4v) is 2.97. The van der Waals surface area contributed by atoms with Crippen LogP contribution >= 0.6 is 15.9 Å². The highest BCUT2D eigenvalue weighted by atomic mass is 79.9. The minimum absolute atomic E-state index is 0.146. The SMILES string of the molecule is CCC1(C(=O)O)CCN(C(=O)c2ncccc2Br)CC1. The fraction of sp³-hybridized carbons (Fsp3) is 0.500. The third-order valence-electron chi connectivity index (χ3n) is 4.10. The van der Waals surface area contributed by atoms with Crippen molar-refractivity contribution in [2.45, 2.75) is 26.2 Å². The number of aliphatic carboxylic acids is 1. The van der Waals surface area contributed by atoms with Gasteiger partial charge in [0, 0.05) is 23.8 Å². The zero-order valence-electron chi connectivity index (χ0n) is 11.3. The number of amides is 1. The Labute approximate surface area is 126 Å². The van der Waals surface area contributed by atoms with Gasteiger partial charge in [0.2, 0.25) is 0 Å². The van der Waals surface area contributed by atoms with E-state index in [0.717, 1.165) is 0 Å². The summed E-state index contributed by atoms with van der Waals surface area (Å²) >= 11 is 3.32. The maximum Gasteiger partial charge on any atom is 0.309 e. The quantitative estimate of drug-likeness (QED) is 0.917. The monoisotopic (exact) mass is 340 g/mol. The summed E-state index contributed by atoms with van der Waals surface area (Å²) in [6.07, 6.45) is 3.16. The second kappa shape index (κ2) is 5.91. The zero-order chi connectivity index (χ0) is 14.8. The molecule has 1 aromatic rings. The van der Waals surface area contributed by atoms with Crippen molar-refractivity contribution in [3.8, 4) is 0 Å². The molecule has 1 aliphatic heterocycles. The number of halogens is 1. The van der Waals surface area contributed by atoms with Gasteiger partial charge in [-0.05, 0) is 47.3 Å². The lowest BCUT2D eigenvalue weighted by Gasteiger charge is -2.38. The first kappa shape index (κ1) is 15.0. The molecule has 5 nitrogen and oxygen atoms in total. The first-order chi connectivity index (χ1) is 9.50. The van der Waals surface area contributed by atoms with Crippen molar-refractivity contribution in [2.24, 2.45) is 5.41 Å². The van der Waals surface area contributed by atoms with Crippen molar-refractivity contribution in [3.63, 3.8) is 0 Å². The Hall–Kier alpha value is -1.43. The molecule has 0 aromatic carbocycles. The summed E-state index contributed by atoms with van der Waals surface area (Å²) in [4.78, 5) is 29.5. The van der Waals surface area contributed by atoms with E-state index in [1.54, 1.807) is 23.2 Å². The van der Waals surface area contributed by atoms with Gasteiger partial charge in [-0.1, -0.05) is 6.92 Å². The number of likely N-dealkylation sites (tertiary alicyclic amines) is 1. The van der Waals surface area contributed by atoms with Crippen molar-refractivity contribution >= 4 is 27.8 Å². The molecule has 20 heavy (non-hydrogen) atoms. The molecule has 1 fully saturated rings. The lowest BCUT2D eigenvalue weighted by molar-refractivity contribution is -0.152. The van der Waals surface area contributed by atoms with Crippen LogP contribution in [0.5, 0.6) is 0 Å². The fourth-order valence-electron chi connectivity index (χ4n) is 2.55. The van der Waals surface area contributed by atoms with E-state index >= 15 is 0 Å². The molecular weight excluding hydrogens is 324 g/mol. The van der Waals surface area contributed by atoms with E-state index in [4.69, 9.17) is 0 Å². The molecule has 2 rings (SSSR count). The number of carbonyl (C=O) groups is 2. The molecule has 1 amide bonds. The third-order valence-corrected chi connectivity index (χ3v) is 4.74. The van der Waals surface area contributed by atoms with Crippen LogP contribution in [-0.2, 0) is 4.79 Å². The summed E-state index contributed by atoms with van der Waals surface area (Å²) in [5, 5.41) is 9.35. The normalized spacial score (nSPS) is 17.8. The van der Waals surface area contributed by atoms with Crippen molar-refractivity contribution < 1.29 is 14.7 Å². The number of hydrogen-bond donors (Lipinski definition) is 1. The van der Waals surface area contributed by atoms with Gasteiger partial charge in [-0.15, -0.1) is 0 Å². The lowest BCUT2D eigenvalue weighted by atomic mass is 9.76. The molecule has 0 spiro atoms. The summed E-state index contributed by atoms with van der Waals surface area (Å²) in [6, 6.07) is 3.53. The molecule has 108 valence electrons. The highest BCUT2D eigenvalue weighted by Crippen LogP contribution is 2.35. The number of aromatic nitrogens is 1. The van der Waals surface area contributed by atoms with Crippen LogP contribution in [0, 0.1) is 5.41 Å². The predicted molar refractivity (Wildman–Crippen MR) is 77.4 cm³/mol. The minimum atomic E-state index is -0.758. The van der Waals surface area contributed by atoms with Gasteiger partial charge in [0.25, 0.3) is 5.91 Å². The summed E-state index contributed by atoms with van der Waals surface area (Å²) in [7, 11) is 0. The molecule has 1 N–H and O–H groups in total. The van der Waals surface area contributed by atoms with Gasteiger partial charge < -0.3 is 10.0 Å². The number of pyridine rings is 1. The number of hydrogen-bond acceptors (Lipinski definition) is 3. The molecule has 1 aliphatic rings. The molecule has 0 saturated carbocycles. The van der Waals surface area contributed by atoms with Crippen molar-refractivity contribution in [1.29, 1.82) is 0 Å². The first-order valence-electron chi connectivity index (χ1n) is 6.63. The first-order valence-corrected chi connectivity index (χ1v) is 7.42. The minimum Gasteiger partial charge on any atom is -0.481 e. The molecule has 1 saturated heterocycles. The summed E-state index contributed by atoms with van der Waals surface area (Å²) < 4.78 is 0.663.